The Morgan fingerprint density at radius 1 is 1.33 bits per heavy atom. The molecule has 4 rings (SSSR count). The number of hydrogen-bond donors (Lipinski definition) is 3. The summed E-state index contributed by atoms with van der Waals surface area (Å²) in [5.41, 5.74) is 0.783. The highest BCUT2D eigenvalue weighted by Gasteiger charge is 2.31. The Kier molecular flexibility index (Phi) is 6.65. The Balaban J connectivity index is 1.64. The van der Waals surface area contributed by atoms with Crippen molar-refractivity contribution in [1.29, 1.82) is 0 Å². The minimum Gasteiger partial charge on any atom is -0.393 e. The lowest BCUT2D eigenvalue weighted by molar-refractivity contribution is 0.0688. The number of nitrogens with one attached hydrogen (secondary N) is 1. The summed E-state index contributed by atoms with van der Waals surface area (Å²) in [7, 11) is 0. The molecule has 1 aromatic carbocycles. The van der Waals surface area contributed by atoms with E-state index in [1.807, 2.05) is 24.3 Å². The summed E-state index contributed by atoms with van der Waals surface area (Å²) in [5.74, 6) is -0.0134. The summed E-state index contributed by atoms with van der Waals surface area (Å²) in [5, 5.41) is 28.5. The van der Waals surface area contributed by atoms with Gasteiger partial charge in [0.25, 0.3) is 0 Å². The lowest BCUT2D eigenvalue weighted by Crippen LogP contribution is -2.21. The van der Waals surface area contributed by atoms with Crippen molar-refractivity contribution in [2.24, 2.45) is 5.92 Å². The van der Waals surface area contributed by atoms with Crippen LogP contribution in [0.25, 0.3) is 0 Å². The van der Waals surface area contributed by atoms with E-state index < -0.39 is 11.7 Å². The van der Waals surface area contributed by atoms with Gasteiger partial charge in [-0.05, 0) is 63.3 Å². The highest BCUT2D eigenvalue weighted by molar-refractivity contribution is 9.10. The molecule has 1 aliphatic carbocycles. The number of carbonyl (C=O) groups is 1. The Hall–Kier alpha value is -2.62. The second kappa shape index (κ2) is 9.32. The van der Waals surface area contributed by atoms with Gasteiger partial charge in [-0.2, -0.15) is 5.10 Å². The fourth-order valence-corrected chi connectivity index (χ4v) is 4.56. The number of anilines is 1. The molecule has 1 radical (unpaired) electrons. The van der Waals surface area contributed by atoms with Crippen LogP contribution in [0.5, 0.6) is 0 Å². The first-order valence-corrected chi connectivity index (χ1v) is 11.6. The van der Waals surface area contributed by atoms with Crippen molar-refractivity contribution in [3.8, 4) is 0 Å². The van der Waals surface area contributed by atoms with E-state index in [4.69, 9.17) is 0 Å². The number of ketones is 1. The smallest absolute Gasteiger partial charge is 0.218 e. The van der Waals surface area contributed by atoms with Crippen LogP contribution < -0.4 is 5.32 Å². The third-order valence-electron chi connectivity index (χ3n) is 5.82. The molecule has 0 spiro atoms. The van der Waals surface area contributed by atoms with Crippen molar-refractivity contribution in [2.75, 3.05) is 5.32 Å². The second-order valence-electron chi connectivity index (χ2n) is 9.02. The zero-order chi connectivity index (χ0) is 23.8. The average molecular weight is 513 g/mol. The van der Waals surface area contributed by atoms with Crippen molar-refractivity contribution in [3.05, 3.63) is 76.8 Å². The van der Waals surface area contributed by atoms with E-state index in [-0.39, 0.29) is 29.0 Å². The van der Waals surface area contributed by atoms with Crippen molar-refractivity contribution < 1.29 is 15.0 Å². The van der Waals surface area contributed by atoms with Gasteiger partial charge in [0.1, 0.15) is 23.4 Å². The Labute approximate surface area is 201 Å². The van der Waals surface area contributed by atoms with E-state index in [1.165, 1.54) is 12.5 Å². The molecule has 3 aromatic rings. The van der Waals surface area contributed by atoms with E-state index in [2.05, 4.69) is 43.2 Å². The van der Waals surface area contributed by atoms with E-state index in [0.717, 1.165) is 10.0 Å². The fourth-order valence-electron chi connectivity index (χ4n) is 4.11. The lowest BCUT2D eigenvalue weighted by atomic mass is 10.0. The third kappa shape index (κ3) is 5.31. The van der Waals surface area contributed by atoms with E-state index in [1.54, 1.807) is 24.6 Å². The molecular formula is C24H27BrN5O3. The van der Waals surface area contributed by atoms with Crippen molar-refractivity contribution >= 4 is 27.5 Å². The summed E-state index contributed by atoms with van der Waals surface area (Å²) < 4.78 is 2.58. The molecule has 3 N–H and O–H groups in total. The van der Waals surface area contributed by atoms with Gasteiger partial charge in [0, 0.05) is 16.7 Å². The summed E-state index contributed by atoms with van der Waals surface area (Å²) in [6, 6.07) is 9.36. The van der Waals surface area contributed by atoms with Gasteiger partial charge in [0.15, 0.2) is 0 Å². The summed E-state index contributed by atoms with van der Waals surface area (Å²) in [6.45, 7) is 7.68. The zero-order valence-electron chi connectivity index (χ0n) is 18.6. The maximum Gasteiger partial charge on any atom is 0.218 e. The number of aliphatic hydroxyl groups is 2. The first kappa shape index (κ1) is 23.5. The molecule has 3 atom stereocenters. The maximum absolute atomic E-state index is 13.4. The molecule has 8 nitrogen and oxygen atoms in total. The quantitative estimate of drug-likeness (QED) is 0.416. The molecule has 2 aromatic heterocycles. The van der Waals surface area contributed by atoms with Crippen LogP contribution in [0.2, 0.25) is 0 Å². The minimum atomic E-state index is -1.20. The summed E-state index contributed by atoms with van der Waals surface area (Å²) >= 11 is 3.47. The van der Waals surface area contributed by atoms with Gasteiger partial charge in [-0.15, -0.1) is 0 Å². The minimum absolute atomic E-state index is 0.0371. The van der Waals surface area contributed by atoms with Gasteiger partial charge < -0.3 is 15.5 Å². The normalized spacial score (nSPS) is 20.7. The first-order chi connectivity index (χ1) is 15.6. The molecule has 0 saturated heterocycles. The molecule has 0 amide bonds. The number of aromatic nitrogens is 4. The van der Waals surface area contributed by atoms with Crippen LogP contribution in [-0.2, 0) is 12.1 Å². The zero-order valence-corrected chi connectivity index (χ0v) is 20.2. The van der Waals surface area contributed by atoms with Gasteiger partial charge in [-0.1, -0.05) is 28.1 Å². The summed E-state index contributed by atoms with van der Waals surface area (Å²) in [6.07, 6.45) is 3.58. The Bertz CT molecular complexity index is 1150. The molecule has 1 saturated carbocycles. The molecule has 1 aliphatic rings. The summed E-state index contributed by atoms with van der Waals surface area (Å²) in [4.78, 5) is 21.7. The maximum atomic E-state index is 13.4. The van der Waals surface area contributed by atoms with Gasteiger partial charge >= 0.3 is 0 Å². The predicted octanol–water partition coefficient (Wildman–Crippen LogP) is 3.33. The SMILES string of the molecule is [CH2][C@@H]1C[C@@H](Nc2ncncc2C(=O)c2cc(C(C)(C)O)n(Cc3cccc(Br)c3)n2)C[C@@H]1O. The molecule has 9 heteroatoms. The molecule has 0 unspecified atom stereocenters. The van der Waals surface area contributed by atoms with Crippen LogP contribution in [0.4, 0.5) is 5.82 Å². The monoisotopic (exact) mass is 512 g/mol. The van der Waals surface area contributed by atoms with Crippen LogP contribution in [0.15, 0.2) is 47.3 Å². The van der Waals surface area contributed by atoms with E-state index >= 15 is 0 Å². The van der Waals surface area contributed by atoms with Crippen LogP contribution >= 0.6 is 15.9 Å². The number of nitrogens with zero attached hydrogens (tertiary/aromatic N) is 4. The number of rotatable bonds is 7. The number of benzene rings is 1. The van der Waals surface area contributed by atoms with Crippen molar-refractivity contribution in [1.82, 2.24) is 19.7 Å². The number of aliphatic hydroxyl groups excluding tert-OH is 1. The van der Waals surface area contributed by atoms with Crippen molar-refractivity contribution in [2.45, 2.75) is 51.0 Å². The standard InChI is InChI=1S/C24H27BrN5O3/c1-14-7-17(9-20(14)31)28-23-18(11-26-13-27-23)22(32)19-10-21(24(2,3)33)30(29-19)12-15-5-4-6-16(25)8-15/h4-6,8,10-11,13-14,17,20,31,33H,1,7,9,12H2,2-3H3,(H,26,27,28)/t14-,17-,20+/m1/s1. The van der Waals surface area contributed by atoms with E-state index in [9.17, 15) is 15.0 Å². The van der Waals surface area contributed by atoms with Crippen LogP contribution in [0, 0.1) is 12.8 Å². The average Bonchev–Trinajstić information content (AvgIpc) is 3.31. The Morgan fingerprint density at radius 2 is 2.12 bits per heavy atom. The highest BCUT2D eigenvalue weighted by atomic mass is 79.9. The fraction of sp³-hybridized carbons (Fsp3) is 0.375. The molecular weight excluding hydrogens is 486 g/mol. The van der Waals surface area contributed by atoms with Crippen LogP contribution in [0.1, 0.15) is 54.0 Å². The van der Waals surface area contributed by atoms with Crippen LogP contribution in [-0.4, -0.2) is 47.9 Å². The highest BCUT2D eigenvalue weighted by Crippen LogP contribution is 2.29. The van der Waals surface area contributed by atoms with E-state index in [0.29, 0.717) is 30.9 Å². The lowest BCUT2D eigenvalue weighted by Gasteiger charge is -2.19. The number of carbonyl (C=O) groups excluding carboxylic acids is 1. The third-order valence-corrected chi connectivity index (χ3v) is 6.31. The second-order valence-corrected chi connectivity index (χ2v) is 9.93. The molecule has 173 valence electrons. The Morgan fingerprint density at radius 3 is 2.79 bits per heavy atom. The first-order valence-electron chi connectivity index (χ1n) is 10.8. The van der Waals surface area contributed by atoms with Crippen LogP contribution in [0.3, 0.4) is 0 Å². The molecule has 0 aliphatic heterocycles. The molecule has 0 bridgehead atoms. The number of halogens is 1. The molecule has 2 heterocycles. The number of hydrogen-bond acceptors (Lipinski definition) is 7. The predicted molar refractivity (Wildman–Crippen MR) is 128 cm³/mol. The largest absolute Gasteiger partial charge is 0.393 e. The van der Waals surface area contributed by atoms with Gasteiger partial charge in [0.2, 0.25) is 5.78 Å². The van der Waals surface area contributed by atoms with Gasteiger partial charge in [0.05, 0.1) is 23.9 Å². The van der Waals surface area contributed by atoms with Gasteiger partial charge in [-0.3, -0.25) is 9.48 Å². The molecule has 33 heavy (non-hydrogen) atoms. The molecule has 1 fully saturated rings. The topological polar surface area (TPSA) is 113 Å². The van der Waals surface area contributed by atoms with Crippen molar-refractivity contribution in [3.63, 3.8) is 0 Å². The van der Waals surface area contributed by atoms with Gasteiger partial charge in [-0.25, -0.2) is 9.97 Å².